The number of rotatable bonds is 12. The molecule has 208 valence electrons. The number of esters is 1. The number of carbonyl (C=O) groups excluding carboxylic acids is 1. The van der Waals surface area contributed by atoms with E-state index in [2.05, 4.69) is 12.2 Å². The molecule has 1 aliphatic heterocycles. The lowest BCUT2D eigenvalue weighted by Crippen LogP contribution is -2.30. The number of benzene rings is 2. The first-order chi connectivity index (χ1) is 18.8. The van der Waals surface area contributed by atoms with Crippen LogP contribution < -0.4 is 14.8 Å². The maximum atomic E-state index is 13.4. The summed E-state index contributed by atoms with van der Waals surface area (Å²) in [5.74, 6) is 2.04. The smallest absolute Gasteiger partial charge is 0.338 e. The maximum absolute atomic E-state index is 13.4. The topological polar surface area (TPSA) is 87.5 Å². The minimum absolute atomic E-state index is 0.273. The summed E-state index contributed by atoms with van der Waals surface area (Å²) in [4.78, 5) is 18.1. The number of fused-ring (bicyclic) bond motifs is 1. The molecule has 2 heterocycles. The van der Waals surface area contributed by atoms with Gasteiger partial charge in [0.1, 0.15) is 6.04 Å². The highest BCUT2D eigenvalue weighted by molar-refractivity contribution is 7.98. The molecule has 1 N–H and O–H groups in total. The molecule has 0 bridgehead atoms. The van der Waals surface area contributed by atoms with E-state index in [1.807, 2.05) is 70.2 Å². The Bertz CT molecular complexity index is 1340. The fourth-order valence-corrected chi connectivity index (χ4v) is 5.32. The number of carbonyl (C=O) groups is 1. The number of halogens is 1. The van der Waals surface area contributed by atoms with Crippen molar-refractivity contribution in [2.45, 2.75) is 70.5 Å². The van der Waals surface area contributed by atoms with Crippen LogP contribution in [0.1, 0.15) is 64.6 Å². The fourth-order valence-electron chi connectivity index (χ4n) is 4.21. The number of ether oxygens (including phenoxy) is 3. The van der Waals surface area contributed by atoms with Crippen LogP contribution in [-0.2, 0) is 15.3 Å². The molecule has 1 aliphatic rings. The van der Waals surface area contributed by atoms with E-state index in [1.165, 1.54) is 11.8 Å². The van der Waals surface area contributed by atoms with E-state index in [4.69, 9.17) is 35.9 Å². The first kappa shape index (κ1) is 28.8. The van der Waals surface area contributed by atoms with Crippen molar-refractivity contribution in [1.29, 1.82) is 0 Å². The molecule has 0 fully saturated rings. The van der Waals surface area contributed by atoms with Gasteiger partial charge in [0.2, 0.25) is 11.1 Å². The van der Waals surface area contributed by atoms with E-state index >= 15 is 0 Å². The summed E-state index contributed by atoms with van der Waals surface area (Å²) in [5, 5.41) is 9.33. The van der Waals surface area contributed by atoms with Crippen molar-refractivity contribution < 1.29 is 19.0 Å². The zero-order chi connectivity index (χ0) is 27.9. The van der Waals surface area contributed by atoms with E-state index in [-0.39, 0.29) is 6.10 Å². The predicted molar refractivity (Wildman–Crippen MR) is 155 cm³/mol. The normalized spacial score (nSPS) is 14.7. The molecule has 3 aromatic rings. The molecular formula is C29H35ClN4O4S. The first-order valence-electron chi connectivity index (χ1n) is 13.2. The zero-order valence-corrected chi connectivity index (χ0v) is 24.6. The van der Waals surface area contributed by atoms with Gasteiger partial charge in [-0.05, 0) is 63.4 Å². The third kappa shape index (κ3) is 6.89. The molecule has 1 aromatic heterocycles. The molecule has 0 saturated heterocycles. The van der Waals surface area contributed by atoms with Gasteiger partial charge in [0.25, 0.3) is 0 Å². The monoisotopic (exact) mass is 570 g/mol. The highest BCUT2D eigenvalue weighted by Gasteiger charge is 2.36. The summed E-state index contributed by atoms with van der Waals surface area (Å²) in [6, 6.07) is 12.9. The van der Waals surface area contributed by atoms with Gasteiger partial charge in [-0.15, -0.1) is 5.10 Å². The van der Waals surface area contributed by atoms with Crippen molar-refractivity contribution >= 4 is 35.3 Å². The van der Waals surface area contributed by atoms with Crippen LogP contribution in [-0.4, -0.2) is 40.1 Å². The minimum atomic E-state index is -0.571. The lowest BCUT2D eigenvalue weighted by atomic mass is 9.95. The average Bonchev–Trinajstić information content (AvgIpc) is 3.30. The minimum Gasteiger partial charge on any atom is -0.490 e. The number of aromatic nitrogens is 3. The third-order valence-corrected chi connectivity index (χ3v) is 7.30. The fraction of sp³-hybridized carbons (Fsp3) is 0.414. The number of anilines is 1. The van der Waals surface area contributed by atoms with E-state index < -0.39 is 12.0 Å². The number of thioether (sulfide) groups is 1. The number of unbranched alkanes of at least 4 members (excludes halogenated alkanes) is 1. The van der Waals surface area contributed by atoms with Crippen molar-refractivity contribution in [2.24, 2.45) is 0 Å². The summed E-state index contributed by atoms with van der Waals surface area (Å²) in [6.07, 6.45) is 1.71. The summed E-state index contributed by atoms with van der Waals surface area (Å²) < 4.78 is 19.3. The second kappa shape index (κ2) is 13.3. The Morgan fingerprint density at radius 1 is 1.15 bits per heavy atom. The SMILES string of the molecule is CCCCOc1ccc(C2C(C(=O)OC(C)C)=C(C)Nc3nc(SCc4ccccc4Cl)nn32)cc1OCC. The van der Waals surface area contributed by atoms with Gasteiger partial charge in [-0.25, -0.2) is 9.48 Å². The van der Waals surface area contributed by atoms with Gasteiger partial charge in [0.15, 0.2) is 11.5 Å². The van der Waals surface area contributed by atoms with Gasteiger partial charge in [-0.2, -0.15) is 4.98 Å². The Hall–Kier alpha value is -3.17. The second-order valence-corrected chi connectivity index (χ2v) is 10.8. The van der Waals surface area contributed by atoms with Crippen LogP contribution in [0.15, 0.2) is 58.9 Å². The van der Waals surface area contributed by atoms with Crippen LogP contribution in [0.5, 0.6) is 11.5 Å². The maximum Gasteiger partial charge on any atom is 0.338 e. The van der Waals surface area contributed by atoms with Crippen LogP contribution in [0.25, 0.3) is 0 Å². The van der Waals surface area contributed by atoms with Crippen LogP contribution in [0.3, 0.4) is 0 Å². The zero-order valence-electron chi connectivity index (χ0n) is 23.0. The lowest BCUT2D eigenvalue weighted by Gasteiger charge is -2.29. The van der Waals surface area contributed by atoms with Crippen LogP contribution in [0.4, 0.5) is 5.95 Å². The molecule has 0 spiro atoms. The average molecular weight is 571 g/mol. The van der Waals surface area contributed by atoms with Crippen molar-refractivity contribution in [2.75, 3.05) is 18.5 Å². The van der Waals surface area contributed by atoms with Crippen LogP contribution in [0.2, 0.25) is 5.02 Å². The van der Waals surface area contributed by atoms with E-state index in [1.54, 1.807) is 4.68 Å². The molecule has 10 heteroatoms. The van der Waals surface area contributed by atoms with E-state index in [0.717, 1.165) is 24.0 Å². The highest BCUT2D eigenvalue weighted by atomic mass is 35.5. The molecule has 8 nitrogen and oxygen atoms in total. The number of nitrogens with one attached hydrogen (secondary N) is 1. The standard InChI is InChI=1S/C29H35ClN4O4S/c1-6-8-15-37-23-14-13-20(16-24(23)36-7-2)26-25(27(35)38-18(3)4)19(5)31-28-32-29(33-34(26)28)39-17-21-11-9-10-12-22(21)30/h9-14,16,18,26H,6-8,15,17H2,1-5H3,(H,31,32,33). The third-order valence-electron chi connectivity index (χ3n) is 6.05. The van der Waals surface area contributed by atoms with Crippen LogP contribution in [0, 0.1) is 0 Å². The largest absolute Gasteiger partial charge is 0.490 e. The van der Waals surface area contributed by atoms with E-state index in [9.17, 15) is 4.79 Å². The molecule has 0 saturated carbocycles. The first-order valence-corrected chi connectivity index (χ1v) is 14.6. The van der Waals surface area contributed by atoms with Crippen LogP contribution >= 0.6 is 23.4 Å². The Kier molecular flexibility index (Phi) is 9.80. The van der Waals surface area contributed by atoms with Crippen molar-refractivity contribution in [3.8, 4) is 11.5 Å². The van der Waals surface area contributed by atoms with Crippen molar-refractivity contribution in [3.05, 3.63) is 69.9 Å². The molecule has 0 aliphatic carbocycles. The second-order valence-electron chi connectivity index (χ2n) is 9.40. The van der Waals surface area contributed by atoms with Crippen molar-refractivity contribution in [3.63, 3.8) is 0 Å². The summed E-state index contributed by atoms with van der Waals surface area (Å²) in [5.41, 5.74) is 2.93. The summed E-state index contributed by atoms with van der Waals surface area (Å²) in [6.45, 7) is 10.7. The molecule has 1 unspecified atom stereocenters. The Morgan fingerprint density at radius 3 is 2.67 bits per heavy atom. The molecule has 1 atom stereocenters. The molecule has 0 radical (unpaired) electrons. The molecule has 0 amide bonds. The van der Waals surface area contributed by atoms with Crippen molar-refractivity contribution in [1.82, 2.24) is 14.8 Å². The number of allylic oxidation sites excluding steroid dienone is 1. The number of hydrogen-bond acceptors (Lipinski definition) is 8. The summed E-state index contributed by atoms with van der Waals surface area (Å²) >= 11 is 7.83. The predicted octanol–water partition coefficient (Wildman–Crippen LogP) is 7.04. The Morgan fingerprint density at radius 2 is 1.95 bits per heavy atom. The number of hydrogen-bond donors (Lipinski definition) is 1. The highest BCUT2D eigenvalue weighted by Crippen LogP contribution is 2.40. The molecule has 4 rings (SSSR count). The molecular weight excluding hydrogens is 536 g/mol. The quantitative estimate of drug-likeness (QED) is 0.141. The number of nitrogens with zero attached hydrogens (tertiary/aromatic N) is 3. The molecule has 2 aromatic carbocycles. The van der Waals surface area contributed by atoms with Gasteiger partial charge in [0, 0.05) is 16.5 Å². The Labute approximate surface area is 239 Å². The Balaban J connectivity index is 1.73. The lowest BCUT2D eigenvalue weighted by molar-refractivity contribution is -0.143. The molecule has 39 heavy (non-hydrogen) atoms. The van der Waals surface area contributed by atoms with Gasteiger partial charge in [0.05, 0.1) is 24.9 Å². The van der Waals surface area contributed by atoms with Gasteiger partial charge in [-0.3, -0.25) is 0 Å². The van der Waals surface area contributed by atoms with Gasteiger partial charge in [-0.1, -0.05) is 61.0 Å². The van der Waals surface area contributed by atoms with Gasteiger partial charge < -0.3 is 19.5 Å². The van der Waals surface area contributed by atoms with Gasteiger partial charge >= 0.3 is 5.97 Å². The summed E-state index contributed by atoms with van der Waals surface area (Å²) in [7, 11) is 0. The van der Waals surface area contributed by atoms with E-state index in [0.29, 0.717) is 57.9 Å².